The summed E-state index contributed by atoms with van der Waals surface area (Å²) in [6, 6.07) is 9.58. The predicted molar refractivity (Wildman–Crippen MR) is 67.6 cm³/mol. The highest BCUT2D eigenvalue weighted by Crippen LogP contribution is 2.47. The number of benzene rings is 1. The van der Waals surface area contributed by atoms with Crippen LogP contribution in [0, 0.1) is 0 Å². The Labute approximate surface area is 107 Å². The van der Waals surface area contributed by atoms with E-state index in [2.05, 4.69) is 4.74 Å². The van der Waals surface area contributed by atoms with Crippen LogP contribution in [0.1, 0.15) is 5.56 Å². The molecule has 0 heterocycles. The van der Waals surface area contributed by atoms with E-state index in [0.29, 0.717) is 6.42 Å². The van der Waals surface area contributed by atoms with Crippen molar-refractivity contribution in [1.29, 1.82) is 0 Å². The van der Waals surface area contributed by atoms with Crippen molar-refractivity contribution in [2.75, 3.05) is 27.0 Å². The first-order chi connectivity index (χ1) is 8.59. The Balaban J connectivity index is 2.50. The van der Waals surface area contributed by atoms with E-state index in [-0.39, 0.29) is 12.8 Å². The van der Waals surface area contributed by atoms with E-state index in [1.54, 1.807) is 0 Å². The molecule has 0 amide bonds. The van der Waals surface area contributed by atoms with E-state index < -0.39 is 13.6 Å². The number of esters is 1. The smallest absolute Gasteiger partial charge is 0.332 e. The Morgan fingerprint density at radius 3 is 2.44 bits per heavy atom. The second-order valence-corrected chi connectivity index (χ2v) is 5.89. The number of carbonyl (C=O) groups is 1. The fraction of sp³-hybridized carbons (Fsp3) is 0.417. The molecular formula is C12H17O5P. The maximum Gasteiger partial charge on any atom is 0.332 e. The molecule has 0 saturated carbocycles. The molecule has 18 heavy (non-hydrogen) atoms. The van der Waals surface area contributed by atoms with Crippen molar-refractivity contribution in [2.24, 2.45) is 0 Å². The van der Waals surface area contributed by atoms with Gasteiger partial charge >= 0.3 is 13.6 Å². The molecule has 0 fully saturated rings. The molecule has 0 radical (unpaired) electrons. The van der Waals surface area contributed by atoms with Gasteiger partial charge in [-0.2, -0.15) is 0 Å². The molecule has 1 rings (SSSR count). The first kappa shape index (κ1) is 14.9. The van der Waals surface area contributed by atoms with E-state index in [1.807, 2.05) is 30.3 Å². The predicted octanol–water partition coefficient (Wildman–Crippen LogP) is 2.26. The van der Waals surface area contributed by atoms with Crippen LogP contribution in [0.3, 0.4) is 0 Å². The molecule has 0 N–H and O–H groups in total. The van der Waals surface area contributed by atoms with E-state index in [0.717, 1.165) is 5.56 Å². The van der Waals surface area contributed by atoms with Gasteiger partial charge in [0.15, 0.2) is 6.61 Å². The third-order valence-corrected chi connectivity index (χ3v) is 4.25. The van der Waals surface area contributed by atoms with Gasteiger partial charge in [-0.05, 0) is 12.0 Å². The number of rotatable bonds is 7. The average molecular weight is 272 g/mol. The van der Waals surface area contributed by atoms with Crippen LogP contribution in [0.2, 0.25) is 0 Å². The van der Waals surface area contributed by atoms with Crippen LogP contribution in [0.5, 0.6) is 0 Å². The van der Waals surface area contributed by atoms with Crippen LogP contribution < -0.4 is 0 Å². The number of hydrogen-bond acceptors (Lipinski definition) is 5. The van der Waals surface area contributed by atoms with Gasteiger partial charge in [-0.1, -0.05) is 30.3 Å². The minimum Gasteiger partial charge on any atom is -0.467 e. The molecule has 5 nitrogen and oxygen atoms in total. The maximum atomic E-state index is 12.1. The topological polar surface area (TPSA) is 61.8 Å². The summed E-state index contributed by atoms with van der Waals surface area (Å²) in [5.74, 6) is -0.577. The number of methoxy groups -OCH3 is 1. The van der Waals surface area contributed by atoms with Gasteiger partial charge < -0.3 is 9.26 Å². The lowest BCUT2D eigenvalue weighted by Gasteiger charge is -2.15. The van der Waals surface area contributed by atoms with Crippen LogP contribution in [0.25, 0.3) is 0 Å². The lowest BCUT2D eigenvalue weighted by atomic mass is 10.2. The second-order valence-electron chi connectivity index (χ2n) is 3.60. The SMILES string of the molecule is COC(=O)COP(=O)(CCc1ccccc1)OC. The van der Waals surface area contributed by atoms with Crippen LogP contribution in [-0.2, 0) is 29.6 Å². The minimum atomic E-state index is -3.23. The van der Waals surface area contributed by atoms with Gasteiger partial charge in [0, 0.05) is 7.11 Å². The zero-order valence-corrected chi connectivity index (χ0v) is 11.4. The Morgan fingerprint density at radius 1 is 1.22 bits per heavy atom. The summed E-state index contributed by atoms with van der Waals surface area (Å²) in [7, 11) is -0.682. The molecule has 0 aliphatic carbocycles. The molecule has 100 valence electrons. The largest absolute Gasteiger partial charge is 0.467 e. The molecule has 0 bridgehead atoms. The second kappa shape index (κ2) is 7.31. The van der Waals surface area contributed by atoms with Crippen molar-refractivity contribution < 1.29 is 23.1 Å². The van der Waals surface area contributed by atoms with Gasteiger partial charge in [0.2, 0.25) is 0 Å². The highest BCUT2D eigenvalue weighted by Gasteiger charge is 2.24. The first-order valence-corrected chi connectivity index (χ1v) is 7.22. The molecule has 1 atom stereocenters. The molecule has 0 saturated heterocycles. The maximum absolute atomic E-state index is 12.1. The van der Waals surface area contributed by atoms with Crippen molar-refractivity contribution in [3.05, 3.63) is 35.9 Å². The van der Waals surface area contributed by atoms with Gasteiger partial charge in [-0.25, -0.2) is 4.79 Å². The van der Waals surface area contributed by atoms with E-state index in [9.17, 15) is 9.36 Å². The standard InChI is InChI=1S/C12H17O5P/c1-15-12(13)10-17-18(14,16-2)9-8-11-6-4-3-5-7-11/h3-7H,8-10H2,1-2H3. The summed E-state index contributed by atoms with van der Waals surface area (Å²) in [6.07, 6.45) is 0.789. The molecule has 0 spiro atoms. The fourth-order valence-electron chi connectivity index (χ4n) is 1.33. The molecular weight excluding hydrogens is 255 g/mol. The summed E-state index contributed by atoms with van der Waals surface area (Å²) in [6.45, 7) is -0.365. The summed E-state index contributed by atoms with van der Waals surface area (Å²) in [5.41, 5.74) is 1.04. The molecule has 0 aliphatic rings. The van der Waals surface area contributed by atoms with Crippen molar-refractivity contribution in [1.82, 2.24) is 0 Å². The minimum absolute atomic E-state index is 0.227. The Kier molecular flexibility index (Phi) is 6.05. The molecule has 1 unspecified atom stereocenters. The molecule has 0 aromatic heterocycles. The Hall–Kier alpha value is -1.16. The molecule has 6 heteroatoms. The van der Waals surface area contributed by atoms with E-state index in [4.69, 9.17) is 9.05 Å². The summed E-state index contributed by atoms with van der Waals surface area (Å²) < 4.78 is 26.4. The van der Waals surface area contributed by atoms with Gasteiger partial charge in [0.05, 0.1) is 13.3 Å². The molecule has 1 aromatic carbocycles. The lowest BCUT2D eigenvalue weighted by molar-refractivity contribution is -0.143. The highest BCUT2D eigenvalue weighted by atomic mass is 31.2. The monoisotopic (exact) mass is 272 g/mol. The zero-order valence-electron chi connectivity index (χ0n) is 10.5. The van der Waals surface area contributed by atoms with E-state index in [1.165, 1.54) is 14.2 Å². The third kappa shape index (κ3) is 5.00. The van der Waals surface area contributed by atoms with Gasteiger partial charge in [-0.3, -0.25) is 9.09 Å². The van der Waals surface area contributed by atoms with Crippen LogP contribution in [-0.4, -0.2) is 33.0 Å². The highest BCUT2D eigenvalue weighted by molar-refractivity contribution is 7.53. The summed E-state index contributed by atoms with van der Waals surface area (Å²) >= 11 is 0. The summed E-state index contributed by atoms with van der Waals surface area (Å²) in [5, 5.41) is 0. The number of hydrogen-bond donors (Lipinski definition) is 0. The lowest BCUT2D eigenvalue weighted by Crippen LogP contribution is -2.11. The quantitative estimate of drug-likeness (QED) is 0.562. The zero-order chi connectivity index (χ0) is 13.4. The normalized spacial score (nSPS) is 13.9. The van der Waals surface area contributed by atoms with Crippen LogP contribution >= 0.6 is 7.60 Å². The van der Waals surface area contributed by atoms with Gasteiger partial charge in [0.25, 0.3) is 0 Å². The Bertz CT molecular complexity index is 418. The Morgan fingerprint density at radius 2 is 1.89 bits per heavy atom. The molecule has 0 aliphatic heterocycles. The third-order valence-electron chi connectivity index (χ3n) is 2.40. The van der Waals surface area contributed by atoms with Gasteiger partial charge in [0.1, 0.15) is 0 Å². The number of aryl methyl sites for hydroxylation is 1. The number of carbonyl (C=O) groups excluding carboxylic acids is 1. The summed E-state index contributed by atoms with van der Waals surface area (Å²) in [4.78, 5) is 10.9. The van der Waals surface area contributed by atoms with Crippen molar-refractivity contribution in [3.8, 4) is 0 Å². The van der Waals surface area contributed by atoms with Crippen LogP contribution in [0.4, 0.5) is 0 Å². The van der Waals surface area contributed by atoms with Crippen LogP contribution in [0.15, 0.2) is 30.3 Å². The van der Waals surface area contributed by atoms with Crippen molar-refractivity contribution in [2.45, 2.75) is 6.42 Å². The molecule has 1 aromatic rings. The van der Waals surface area contributed by atoms with Crippen molar-refractivity contribution >= 4 is 13.6 Å². The number of ether oxygens (including phenoxy) is 1. The van der Waals surface area contributed by atoms with Gasteiger partial charge in [-0.15, -0.1) is 0 Å². The first-order valence-electron chi connectivity index (χ1n) is 5.50. The fourth-order valence-corrected chi connectivity index (χ4v) is 2.58. The average Bonchev–Trinajstić information content (AvgIpc) is 2.43. The van der Waals surface area contributed by atoms with E-state index >= 15 is 0 Å². The van der Waals surface area contributed by atoms with Crippen molar-refractivity contribution in [3.63, 3.8) is 0 Å².